The first-order valence-corrected chi connectivity index (χ1v) is 7.53. The highest BCUT2D eigenvalue weighted by atomic mass is 32.1. The first-order chi connectivity index (χ1) is 10.2. The van der Waals surface area contributed by atoms with Crippen molar-refractivity contribution >= 4 is 11.3 Å². The van der Waals surface area contributed by atoms with Crippen molar-refractivity contribution < 1.29 is 9.84 Å². The van der Waals surface area contributed by atoms with E-state index in [2.05, 4.69) is 4.98 Å². The van der Waals surface area contributed by atoms with Crippen LogP contribution in [0, 0.1) is 6.92 Å². The van der Waals surface area contributed by atoms with Gasteiger partial charge in [-0.05, 0) is 19.1 Å². The number of thiazole rings is 1. The molecule has 0 radical (unpaired) electrons. The Hall–Kier alpha value is -2.17. The van der Waals surface area contributed by atoms with Gasteiger partial charge in [0.1, 0.15) is 16.5 Å². The van der Waals surface area contributed by atoms with Crippen molar-refractivity contribution in [2.75, 3.05) is 0 Å². The molecule has 104 valence electrons. The van der Waals surface area contributed by atoms with Gasteiger partial charge in [-0.15, -0.1) is 11.3 Å². The van der Waals surface area contributed by atoms with Crippen LogP contribution in [0.5, 0.6) is 11.5 Å². The fourth-order valence-electron chi connectivity index (χ4n) is 2.73. The molecule has 2 aromatic carbocycles. The maximum absolute atomic E-state index is 11.5. The number of fused-ring (bicyclic) bond motifs is 2. The van der Waals surface area contributed by atoms with Crippen molar-refractivity contribution in [2.45, 2.75) is 12.5 Å². The minimum Gasteiger partial charge on any atom is -0.457 e. The predicted octanol–water partition coefficient (Wildman–Crippen LogP) is 3.84. The number of aromatic nitrogens is 1. The molecule has 2 heterocycles. The Kier molecular flexibility index (Phi) is 2.64. The number of para-hydroxylation sites is 2. The molecule has 1 aromatic heterocycles. The zero-order valence-electron chi connectivity index (χ0n) is 11.4. The van der Waals surface area contributed by atoms with E-state index in [4.69, 9.17) is 4.74 Å². The molecule has 0 unspecified atom stereocenters. The standard InChI is InChI=1S/C17H13NO2S/c1-11-10-18-16(21-11)17(19)12-6-2-4-8-14(12)20-15-9-5-3-7-13(15)17/h2-10,19H,1H3. The molecule has 0 saturated heterocycles. The number of rotatable bonds is 1. The van der Waals surface area contributed by atoms with Crippen molar-refractivity contribution in [3.05, 3.63) is 75.7 Å². The topological polar surface area (TPSA) is 42.4 Å². The summed E-state index contributed by atoms with van der Waals surface area (Å²) in [7, 11) is 0. The first-order valence-electron chi connectivity index (χ1n) is 6.72. The molecule has 21 heavy (non-hydrogen) atoms. The Morgan fingerprint density at radius 2 is 1.57 bits per heavy atom. The van der Waals surface area contributed by atoms with Crippen LogP contribution in [0.1, 0.15) is 21.0 Å². The minimum absolute atomic E-state index is 0.670. The first kappa shape index (κ1) is 12.6. The van der Waals surface area contributed by atoms with E-state index in [0.717, 1.165) is 16.0 Å². The van der Waals surface area contributed by atoms with Gasteiger partial charge in [-0.25, -0.2) is 4.98 Å². The van der Waals surface area contributed by atoms with Crippen molar-refractivity contribution in [1.82, 2.24) is 4.98 Å². The lowest BCUT2D eigenvalue weighted by atomic mass is 9.84. The summed E-state index contributed by atoms with van der Waals surface area (Å²) in [5.41, 5.74) is 0.209. The van der Waals surface area contributed by atoms with Crippen molar-refractivity contribution in [1.29, 1.82) is 0 Å². The minimum atomic E-state index is -1.26. The number of aryl methyl sites for hydroxylation is 1. The molecule has 3 nitrogen and oxygen atoms in total. The summed E-state index contributed by atoms with van der Waals surface area (Å²) in [5, 5.41) is 12.2. The van der Waals surface area contributed by atoms with E-state index in [1.165, 1.54) is 11.3 Å². The van der Waals surface area contributed by atoms with Gasteiger partial charge < -0.3 is 9.84 Å². The van der Waals surface area contributed by atoms with Crippen LogP contribution in [0.3, 0.4) is 0 Å². The second-order valence-electron chi connectivity index (χ2n) is 5.08. The van der Waals surface area contributed by atoms with E-state index < -0.39 is 5.60 Å². The smallest absolute Gasteiger partial charge is 0.174 e. The Balaban J connectivity index is 2.06. The van der Waals surface area contributed by atoms with Crippen LogP contribution in [0.4, 0.5) is 0 Å². The molecule has 0 bridgehead atoms. The number of hydrogen-bond donors (Lipinski definition) is 1. The van der Waals surface area contributed by atoms with E-state index in [1.54, 1.807) is 6.20 Å². The molecule has 0 spiro atoms. The number of aliphatic hydroxyl groups is 1. The lowest BCUT2D eigenvalue weighted by molar-refractivity contribution is 0.112. The van der Waals surface area contributed by atoms with Crippen LogP contribution < -0.4 is 4.74 Å². The molecular formula is C17H13NO2S. The van der Waals surface area contributed by atoms with Gasteiger partial charge in [-0.3, -0.25) is 0 Å². The van der Waals surface area contributed by atoms with E-state index >= 15 is 0 Å². The third-order valence-corrected chi connectivity index (χ3v) is 4.73. The van der Waals surface area contributed by atoms with Gasteiger partial charge in [0.2, 0.25) is 0 Å². The summed E-state index contributed by atoms with van der Waals surface area (Å²) in [5.74, 6) is 1.35. The Bertz CT molecular complexity index is 779. The molecule has 0 aliphatic carbocycles. The van der Waals surface area contributed by atoms with E-state index in [0.29, 0.717) is 16.5 Å². The quantitative estimate of drug-likeness (QED) is 0.741. The lowest BCUT2D eigenvalue weighted by Gasteiger charge is -2.34. The Labute approximate surface area is 126 Å². The highest BCUT2D eigenvalue weighted by molar-refractivity contribution is 7.11. The van der Waals surface area contributed by atoms with E-state index in [9.17, 15) is 5.11 Å². The maximum Gasteiger partial charge on any atom is 0.174 e. The molecule has 4 rings (SSSR count). The lowest BCUT2D eigenvalue weighted by Crippen LogP contribution is -2.32. The zero-order valence-corrected chi connectivity index (χ0v) is 12.2. The van der Waals surface area contributed by atoms with Gasteiger partial charge in [-0.1, -0.05) is 36.4 Å². The largest absolute Gasteiger partial charge is 0.457 e. The highest BCUT2D eigenvalue weighted by Gasteiger charge is 2.44. The number of nitrogens with zero attached hydrogens (tertiary/aromatic N) is 1. The van der Waals surface area contributed by atoms with Crippen LogP contribution in [-0.4, -0.2) is 10.1 Å². The normalized spacial score (nSPS) is 15.0. The average molecular weight is 295 g/mol. The van der Waals surface area contributed by atoms with Gasteiger partial charge in [0.25, 0.3) is 0 Å². The van der Waals surface area contributed by atoms with Crippen molar-refractivity contribution in [3.63, 3.8) is 0 Å². The third kappa shape index (κ3) is 1.73. The highest BCUT2D eigenvalue weighted by Crippen LogP contribution is 2.50. The fraction of sp³-hybridized carbons (Fsp3) is 0.118. The summed E-state index contributed by atoms with van der Waals surface area (Å²) in [6.45, 7) is 1.99. The van der Waals surface area contributed by atoms with Crippen LogP contribution in [0.2, 0.25) is 0 Å². The summed E-state index contributed by atoms with van der Waals surface area (Å²) >= 11 is 1.50. The van der Waals surface area contributed by atoms with Gasteiger partial charge >= 0.3 is 0 Å². The molecule has 3 aromatic rings. The van der Waals surface area contributed by atoms with Gasteiger partial charge in [0.05, 0.1) is 0 Å². The second kappa shape index (κ2) is 4.41. The number of benzene rings is 2. The molecule has 1 N–H and O–H groups in total. The van der Waals surface area contributed by atoms with Crippen LogP contribution in [-0.2, 0) is 5.60 Å². The van der Waals surface area contributed by atoms with Crippen LogP contribution in [0.15, 0.2) is 54.7 Å². The second-order valence-corrected chi connectivity index (χ2v) is 6.32. The molecule has 1 aliphatic rings. The summed E-state index contributed by atoms with van der Waals surface area (Å²) in [6, 6.07) is 15.1. The zero-order chi connectivity index (χ0) is 14.4. The molecular weight excluding hydrogens is 282 g/mol. The Morgan fingerprint density at radius 3 is 2.10 bits per heavy atom. The van der Waals surface area contributed by atoms with E-state index in [1.807, 2.05) is 55.5 Å². The Morgan fingerprint density at radius 1 is 1.00 bits per heavy atom. The van der Waals surface area contributed by atoms with Gasteiger partial charge in [0, 0.05) is 22.2 Å². The van der Waals surface area contributed by atoms with Gasteiger partial charge in [0.15, 0.2) is 5.60 Å². The number of hydrogen-bond acceptors (Lipinski definition) is 4. The number of ether oxygens (including phenoxy) is 1. The molecule has 0 saturated carbocycles. The fourth-order valence-corrected chi connectivity index (χ4v) is 3.61. The molecule has 0 fully saturated rings. The molecule has 0 atom stereocenters. The average Bonchev–Trinajstić information content (AvgIpc) is 2.95. The SMILES string of the molecule is Cc1cnc(C2(O)c3ccccc3Oc3ccccc32)s1. The monoisotopic (exact) mass is 295 g/mol. The maximum atomic E-state index is 11.5. The summed E-state index contributed by atoms with van der Waals surface area (Å²) < 4.78 is 5.92. The third-order valence-electron chi connectivity index (χ3n) is 3.70. The molecule has 0 amide bonds. The molecule has 1 aliphatic heterocycles. The predicted molar refractivity (Wildman–Crippen MR) is 81.9 cm³/mol. The van der Waals surface area contributed by atoms with Crippen molar-refractivity contribution in [2.24, 2.45) is 0 Å². The van der Waals surface area contributed by atoms with Gasteiger partial charge in [-0.2, -0.15) is 0 Å². The molecule has 4 heteroatoms. The van der Waals surface area contributed by atoms with Crippen molar-refractivity contribution in [3.8, 4) is 11.5 Å². The van der Waals surface area contributed by atoms with Crippen LogP contribution in [0.25, 0.3) is 0 Å². The summed E-state index contributed by atoms with van der Waals surface area (Å²) in [4.78, 5) is 5.49. The summed E-state index contributed by atoms with van der Waals surface area (Å²) in [6.07, 6.45) is 1.79. The van der Waals surface area contributed by atoms with Crippen LogP contribution >= 0.6 is 11.3 Å². The van der Waals surface area contributed by atoms with E-state index in [-0.39, 0.29) is 0 Å².